The Morgan fingerprint density at radius 3 is 1.36 bits per heavy atom. The van der Waals surface area contributed by atoms with E-state index in [1.165, 1.54) is 0 Å². The predicted octanol–water partition coefficient (Wildman–Crippen LogP) is 5.50. The zero-order chi connectivity index (χ0) is 11.8. The Morgan fingerprint density at radius 2 is 1.14 bits per heavy atom. The Hall–Kier alpha value is 2.28. The van der Waals surface area contributed by atoms with Gasteiger partial charge in [-0.15, -0.1) is 0 Å². The second-order valence-electron chi connectivity index (χ2n) is 1.94. The van der Waals surface area contributed by atoms with E-state index in [1.54, 1.807) is 0 Å². The maximum Gasteiger partial charge on any atom is 0.256 e. The van der Waals surface area contributed by atoms with Gasteiger partial charge in [-0.05, 0) is 0 Å². The van der Waals surface area contributed by atoms with Crippen molar-refractivity contribution in [2.75, 3.05) is 0 Å². The van der Waals surface area contributed by atoms with Gasteiger partial charge >= 0.3 is 0 Å². The maximum absolute atomic E-state index is 5.53. The van der Waals surface area contributed by atoms with Crippen molar-refractivity contribution in [1.82, 2.24) is 0 Å². The first-order chi connectivity index (χ1) is 5.88. The topological polar surface area (TPSA) is 12.4 Å². The molecule has 14 heavy (non-hydrogen) atoms. The van der Waals surface area contributed by atoms with Crippen LogP contribution in [0.3, 0.4) is 0 Å². The van der Waals surface area contributed by atoms with Gasteiger partial charge in [0, 0.05) is 0 Å². The number of hydrogen-bond donors (Lipinski definition) is 0. The van der Waals surface area contributed by atoms with Crippen molar-refractivity contribution in [3.05, 3.63) is 0 Å². The molecule has 0 N–H and O–H groups in total. The highest BCUT2D eigenvalue weighted by atomic mass is 35.6. The summed E-state index contributed by atoms with van der Waals surface area (Å²) in [6, 6.07) is 0. The molecule has 0 aromatic carbocycles. The number of hydrogen-bond acceptors (Lipinski definition) is 1. The van der Waals surface area contributed by atoms with Crippen molar-refractivity contribution in [2.45, 2.75) is 12.0 Å². The van der Waals surface area contributed by atoms with Gasteiger partial charge in [-0.2, -0.15) is 0 Å². The van der Waals surface area contributed by atoms with Gasteiger partial charge in [0.25, 0.3) is 4.46 Å². The smallest absolute Gasteiger partial charge is 0.230 e. The van der Waals surface area contributed by atoms with Crippen LogP contribution in [0.5, 0.6) is 0 Å². The summed E-state index contributed by atoms with van der Waals surface area (Å²) < 4.78 is -6.22. The molecule has 0 aromatic heterocycles. The van der Waals surface area contributed by atoms with E-state index in [0.717, 1.165) is 0 Å². The highest BCUT2D eigenvalue weighted by molar-refractivity contribution is 6.90. The number of rotatable bonds is 1. The van der Waals surface area contributed by atoms with Crippen LogP contribution in [-0.4, -0.2) is 17.2 Å². The summed E-state index contributed by atoms with van der Waals surface area (Å²) in [5, 5.41) is -0.515. The first kappa shape index (κ1) is 16.3. The van der Waals surface area contributed by atoms with E-state index in [2.05, 4.69) is 4.99 Å². The number of halogens is 9. The third-order valence-corrected chi connectivity index (χ3v) is 4.15. The van der Waals surface area contributed by atoms with Crippen LogP contribution >= 0.6 is 104 Å². The van der Waals surface area contributed by atoms with Crippen molar-refractivity contribution in [3.63, 3.8) is 0 Å². The number of aliphatic imine (C=N–C) groups is 1. The van der Waals surface area contributed by atoms with Crippen molar-refractivity contribution < 1.29 is 0 Å². The van der Waals surface area contributed by atoms with Gasteiger partial charge < -0.3 is 0 Å². The highest BCUT2D eigenvalue weighted by Gasteiger charge is 2.47. The van der Waals surface area contributed by atoms with Gasteiger partial charge in [0.05, 0.1) is 0 Å². The summed E-state index contributed by atoms with van der Waals surface area (Å²) in [6.07, 6.45) is 0. The molecule has 0 fully saturated rings. The molecule has 0 heterocycles. The lowest BCUT2D eigenvalue weighted by Gasteiger charge is -2.24. The molecule has 0 radical (unpaired) electrons. The molecule has 0 amide bonds. The lowest BCUT2D eigenvalue weighted by atomic mass is 10.7. The SMILES string of the molecule is ClC(=NC(Cl)(Cl)C(Cl)(Cl)Cl)C(Cl)(Cl)Cl. The van der Waals surface area contributed by atoms with Gasteiger partial charge in [-0.25, -0.2) is 4.99 Å². The van der Waals surface area contributed by atoms with Gasteiger partial charge in [0.15, 0.2) is 5.17 Å². The van der Waals surface area contributed by atoms with E-state index in [9.17, 15) is 0 Å². The molecule has 0 unspecified atom stereocenters. The van der Waals surface area contributed by atoms with Crippen molar-refractivity contribution in [3.8, 4) is 0 Å². The molecule has 0 aliphatic heterocycles. The van der Waals surface area contributed by atoms with Gasteiger partial charge in [0.2, 0.25) is 7.59 Å². The fraction of sp³-hybridized carbons (Fsp3) is 0.750. The molecule has 0 saturated carbocycles. The van der Waals surface area contributed by atoms with Gasteiger partial charge in [-0.3, -0.25) is 0 Å². The van der Waals surface area contributed by atoms with Crippen LogP contribution < -0.4 is 0 Å². The monoisotopic (exact) mass is 377 g/mol. The van der Waals surface area contributed by atoms with Crippen LogP contribution in [-0.2, 0) is 0 Å². The Kier molecular flexibility index (Phi) is 6.15. The molecule has 0 bridgehead atoms. The quantitative estimate of drug-likeness (QED) is 0.323. The second-order valence-corrected chi connectivity index (χ2v) is 8.15. The molecule has 0 rings (SSSR count). The molecule has 0 aromatic rings. The molecular weight excluding hydrogens is 381 g/mol. The average molecular weight is 381 g/mol. The largest absolute Gasteiger partial charge is 0.256 e. The average Bonchev–Trinajstić information content (AvgIpc) is 1.80. The van der Waals surface area contributed by atoms with Crippen LogP contribution in [0, 0.1) is 0 Å². The minimum atomic E-state index is -2.14. The Labute approximate surface area is 125 Å². The predicted molar refractivity (Wildman–Crippen MR) is 68.3 cm³/mol. The fourth-order valence-electron chi connectivity index (χ4n) is 0.250. The van der Waals surface area contributed by atoms with Gasteiger partial charge in [0.1, 0.15) is 0 Å². The second kappa shape index (κ2) is 5.29. The number of alkyl halides is 8. The van der Waals surface area contributed by atoms with Crippen LogP contribution in [0.15, 0.2) is 4.99 Å². The molecule has 0 aliphatic carbocycles. The third kappa shape index (κ3) is 5.07. The summed E-state index contributed by atoms with van der Waals surface area (Å²) in [5.41, 5.74) is 0. The third-order valence-electron chi connectivity index (χ3n) is 0.814. The molecule has 10 heteroatoms. The van der Waals surface area contributed by atoms with Gasteiger partial charge in [-0.1, -0.05) is 104 Å². The normalized spacial score (nSPS) is 15.9. The zero-order valence-electron chi connectivity index (χ0n) is 5.85. The minimum Gasteiger partial charge on any atom is -0.230 e. The first-order valence-corrected chi connectivity index (χ1v) is 6.05. The van der Waals surface area contributed by atoms with Crippen molar-refractivity contribution in [1.29, 1.82) is 0 Å². The lowest BCUT2D eigenvalue weighted by molar-refractivity contribution is 0.850. The molecule has 0 saturated heterocycles. The summed E-state index contributed by atoms with van der Waals surface area (Å²) >= 11 is 48.8. The zero-order valence-corrected chi connectivity index (χ0v) is 12.7. The summed E-state index contributed by atoms with van der Waals surface area (Å²) in [7, 11) is 0. The Balaban J connectivity index is 5.00. The van der Waals surface area contributed by atoms with Crippen LogP contribution in [0.25, 0.3) is 0 Å². The van der Waals surface area contributed by atoms with E-state index >= 15 is 0 Å². The molecule has 0 spiro atoms. The minimum absolute atomic E-state index is 0.515. The Morgan fingerprint density at radius 1 is 0.786 bits per heavy atom. The van der Waals surface area contributed by atoms with Crippen LogP contribution in [0.4, 0.5) is 0 Å². The highest BCUT2D eigenvalue weighted by Crippen LogP contribution is 2.48. The summed E-state index contributed by atoms with van der Waals surface area (Å²) in [4.78, 5) is 3.37. The summed E-state index contributed by atoms with van der Waals surface area (Å²) in [6.45, 7) is 0. The Bertz CT molecular complexity index is 232. The van der Waals surface area contributed by atoms with E-state index < -0.39 is 17.2 Å². The van der Waals surface area contributed by atoms with E-state index in [1.807, 2.05) is 0 Å². The summed E-state index contributed by atoms with van der Waals surface area (Å²) in [5.74, 6) is 0. The van der Waals surface area contributed by atoms with E-state index in [4.69, 9.17) is 104 Å². The fourth-order valence-corrected chi connectivity index (χ4v) is 0.886. The molecule has 0 aliphatic rings. The lowest BCUT2D eigenvalue weighted by Crippen LogP contribution is -2.31. The first-order valence-electron chi connectivity index (χ1n) is 2.65. The van der Waals surface area contributed by atoms with E-state index in [-0.39, 0.29) is 0 Å². The number of nitrogens with zero attached hydrogens (tertiary/aromatic N) is 1. The standard InChI is InChI=1S/C4Cl9N/c5-1(2(6,7)8)14-4(12,13)3(9,10)11. The van der Waals surface area contributed by atoms with Crippen molar-refractivity contribution in [2.24, 2.45) is 4.99 Å². The molecule has 0 atom stereocenters. The molecule has 84 valence electrons. The molecular formula is C4Cl9N. The van der Waals surface area contributed by atoms with Crippen LogP contribution in [0.1, 0.15) is 0 Å². The van der Waals surface area contributed by atoms with E-state index in [0.29, 0.717) is 0 Å². The maximum atomic E-state index is 5.53. The van der Waals surface area contributed by atoms with Crippen LogP contribution in [0.2, 0.25) is 0 Å². The molecule has 1 nitrogen and oxygen atoms in total. The van der Waals surface area contributed by atoms with Crippen molar-refractivity contribution >= 4 is 110 Å².